The van der Waals surface area contributed by atoms with Crippen molar-refractivity contribution in [3.05, 3.63) is 12.7 Å². The number of fused-ring (bicyclic) bond motifs is 1. The normalized spacial score (nSPS) is 29.2. The highest BCUT2D eigenvalue weighted by Crippen LogP contribution is 2.36. The van der Waals surface area contributed by atoms with E-state index in [9.17, 15) is 10.2 Å². The highest BCUT2D eigenvalue weighted by molar-refractivity contribution is 5.82. The number of hydrogen-bond donors (Lipinski definition) is 3. The van der Waals surface area contributed by atoms with E-state index in [0.717, 1.165) is 0 Å². The molecule has 9 heteroatoms. The summed E-state index contributed by atoms with van der Waals surface area (Å²) in [7, 11) is 1.67. The maximum absolute atomic E-state index is 10.1. The van der Waals surface area contributed by atoms with Crippen LogP contribution < -0.4 is 10.9 Å². The summed E-state index contributed by atoms with van der Waals surface area (Å²) >= 11 is 0. The molecule has 0 bridgehead atoms. The van der Waals surface area contributed by atoms with Crippen LogP contribution in [0.1, 0.15) is 13.2 Å². The Labute approximate surface area is 121 Å². The summed E-state index contributed by atoms with van der Waals surface area (Å²) in [5.74, 6) is 6.03. The Bertz CT molecular complexity index is 645. The van der Waals surface area contributed by atoms with Gasteiger partial charge in [-0.2, -0.15) is 0 Å². The molecule has 3 heterocycles. The molecule has 114 valence electrons. The molecule has 3 rings (SSSR count). The Kier molecular flexibility index (Phi) is 3.49. The lowest BCUT2D eigenvalue weighted by Gasteiger charge is -2.17. The molecule has 0 amide bonds. The number of nitrogens with two attached hydrogens (primary N) is 1. The van der Waals surface area contributed by atoms with Crippen molar-refractivity contribution in [3.63, 3.8) is 0 Å². The van der Waals surface area contributed by atoms with E-state index < -0.39 is 18.4 Å². The van der Waals surface area contributed by atoms with E-state index in [1.807, 2.05) is 6.92 Å². The molecular formula is C12H18N6O3. The van der Waals surface area contributed by atoms with Crippen LogP contribution in [0.25, 0.3) is 11.2 Å². The monoisotopic (exact) mass is 294 g/mol. The van der Waals surface area contributed by atoms with Crippen LogP contribution in [-0.2, 0) is 4.74 Å². The van der Waals surface area contributed by atoms with Crippen LogP contribution in [0, 0.1) is 5.92 Å². The Balaban J connectivity index is 2.04. The van der Waals surface area contributed by atoms with Gasteiger partial charge in [0.05, 0.1) is 19.0 Å². The summed E-state index contributed by atoms with van der Waals surface area (Å²) in [6.45, 7) is 1.62. The van der Waals surface area contributed by atoms with Gasteiger partial charge in [-0.15, -0.1) is 0 Å². The molecule has 4 atom stereocenters. The number of anilines is 1. The molecule has 21 heavy (non-hydrogen) atoms. The van der Waals surface area contributed by atoms with E-state index in [4.69, 9.17) is 10.6 Å². The summed E-state index contributed by atoms with van der Waals surface area (Å²) < 4.78 is 7.44. The van der Waals surface area contributed by atoms with E-state index in [2.05, 4.69) is 15.0 Å². The van der Waals surface area contributed by atoms with Gasteiger partial charge in [-0.05, 0) is 0 Å². The van der Waals surface area contributed by atoms with Gasteiger partial charge in [0.25, 0.3) is 0 Å². The van der Waals surface area contributed by atoms with Crippen LogP contribution in [-0.4, -0.2) is 55.6 Å². The second-order valence-electron chi connectivity index (χ2n) is 5.23. The van der Waals surface area contributed by atoms with E-state index >= 15 is 0 Å². The minimum atomic E-state index is -0.740. The van der Waals surface area contributed by atoms with Gasteiger partial charge in [0.1, 0.15) is 18.7 Å². The highest BCUT2D eigenvalue weighted by atomic mass is 16.5. The molecular weight excluding hydrogens is 276 g/mol. The molecule has 1 fully saturated rings. The number of aromatic nitrogens is 4. The van der Waals surface area contributed by atoms with Gasteiger partial charge in [-0.25, -0.2) is 20.8 Å². The summed E-state index contributed by atoms with van der Waals surface area (Å²) in [6, 6.07) is 0. The molecule has 0 aromatic carbocycles. The second kappa shape index (κ2) is 5.19. The van der Waals surface area contributed by atoms with E-state index in [1.54, 1.807) is 17.9 Å². The molecule has 0 unspecified atom stereocenters. The third kappa shape index (κ3) is 2.14. The SMILES string of the molecule is C[C@H]1[C@H](O)[C@@H](CO)O[C@H]1n1cnc2c(N(C)N)ncnc21. The minimum Gasteiger partial charge on any atom is -0.394 e. The molecule has 1 aliphatic rings. The number of rotatable bonds is 3. The quantitative estimate of drug-likeness (QED) is 0.488. The summed E-state index contributed by atoms with van der Waals surface area (Å²) in [4.78, 5) is 12.6. The molecule has 2 aromatic rings. The Morgan fingerprint density at radius 3 is 2.81 bits per heavy atom. The summed E-state index contributed by atoms with van der Waals surface area (Å²) in [5, 5.41) is 20.7. The first kappa shape index (κ1) is 14.1. The fraction of sp³-hybridized carbons (Fsp3) is 0.583. The molecule has 0 saturated carbocycles. The first-order chi connectivity index (χ1) is 10.0. The minimum absolute atomic E-state index is 0.200. The lowest BCUT2D eigenvalue weighted by Crippen LogP contribution is -2.28. The Morgan fingerprint density at radius 1 is 1.43 bits per heavy atom. The Hall–Kier alpha value is -1.81. The van der Waals surface area contributed by atoms with Crippen LogP contribution in [0.4, 0.5) is 5.82 Å². The van der Waals surface area contributed by atoms with Crippen molar-refractivity contribution in [2.75, 3.05) is 18.7 Å². The fourth-order valence-electron chi connectivity index (χ4n) is 2.64. The molecule has 2 aromatic heterocycles. The van der Waals surface area contributed by atoms with Crippen molar-refractivity contribution in [2.24, 2.45) is 11.8 Å². The average Bonchev–Trinajstić information content (AvgIpc) is 3.01. The largest absolute Gasteiger partial charge is 0.394 e. The van der Waals surface area contributed by atoms with Crippen LogP contribution in [0.2, 0.25) is 0 Å². The number of imidazole rings is 1. The lowest BCUT2D eigenvalue weighted by molar-refractivity contribution is -0.0447. The van der Waals surface area contributed by atoms with Crippen molar-refractivity contribution >= 4 is 17.0 Å². The zero-order valence-corrected chi connectivity index (χ0v) is 11.8. The fourth-order valence-corrected chi connectivity index (χ4v) is 2.64. The zero-order chi connectivity index (χ0) is 15.1. The molecule has 1 saturated heterocycles. The molecule has 0 radical (unpaired) electrons. The zero-order valence-electron chi connectivity index (χ0n) is 11.8. The van der Waals surface area contributed by atoms with Gasteiger partial charge >= 0.3 is 0 Å². The number of hydrazine groups is 1. The summed E-state index contributed by atoms with van der Waals surface area (Å²) in [6.07, 6.45) is 1.18. The maximum atomic E-state index is 10.1. The smallest absolute Gasteiger partial charge is 0.174 e. The van der Waals surface area contributed by atoms with Crippen LogP contribution in [0.5, 0.6) is 0 Å². The van der Waals surface area contributed by atoms with Crippen molar-refractivity contribution < 1.29 is 14.9 Å². The molecule has 4 N–H and O–H groups in total. The third-order valence-corrected chi connectivity index (χ3v) is 3.81. The van der Waals surface area contributed by atoms with Gasteiger partial charge in [0.2, 0.25) is 0 Å². The standard InChI is InChI=1S/C12H18N6O3/c1-6-9(20)7(3-19)21-12(6)18-5-16-8-10(17(2)13)14-4-15-11(8)18/h4-7,9,12,19-20H,3,13H2,1-2H3/t6-,7+,9-,12+/m0/s1. The van der Waals surface area contributed by atoms with Crippen LogP contribution >= 0.6 is 0 Å². The molecule has 9 nitrogen and oxygen atoms in total. The predicted molar refractivity (Wildman–Crippen MR) is 74.1 cm³/mol. The van der Waals surface area contributed by atoms with Gasteiger partial charge < -0.3 is 14.9 Å². The van der Waals surface area contributed by atoms with Crippen molar-refractivity contribution in [2.45, 2.75) is 25.4 Å². The van der Waals surface area contributed by atoms with Gasteiger partial charge in [0, 0.05) is 13.0 Å². The highest BCUT2D eigenvalue weighted by Gasteiger charge is 2.42. The average molecular weight is 294 g/mol. The second-order valence-corrected chi connectivity index (χ2v) is 5.23. The first-order valence-corrected chi connectivity index (χ1v) is 6.65. The summed E-state index contributed by atoms with van der Waals surface area (Å²) in [5.41, 5.74) is 1.13. The van der Waals surface area contributed by atoms with Crippen LogP contribution in [0.3, 0.4) is 0 Å². The van der Waals surface area contributed by atoms with E-state index in [0.29, 0.717) is 17.0 Å². The number of aliphatic hydroxyl groups excluding tert-OH is 2. The Morgan fingerprint density at radius 2 is 2.19 bits per heavy atom. The maximum Gasteiger partial charge on any atom is 0.174 e. The van der Waals surface area contributed by atoms with Crippen molar-refractivity contribution in [1.82, 2.24) is 19.5 Å². The number of hydrogen-bond acceptors (Lipinski definition) is 8. The van der Waals surface area contributed by atoms with Gasteiger partial charge in [-0.3, -0.25) is 9.58 Å². The number of ether oxygens (including phenoxy) is 1. The van der Waals surface area contributed by atoms with Crippen LogP contribution in [0.15, 0.2) is 12.7 Å². The lowest BCUT2D eigenvalue weighted by atomic mass is 10.0. The van der Waals surface area contributed by atoms with E-state index in [1.165, 1.54) is 11.3 Å². The molecule has 1 aliphatic heterocycles. The van der Waals surface area contributed by atoms with Crippen molar-refractivity contribution in [1.29, 1.82) is 0 Å². The third-order valence-electron chi connectivity index (χ3n) is 3.81. The van der Waals surface area contributed by atoms with Gasteiger partial charge in [0.15, 0.2) is 17.0 Å². The molecule has 0 aliphatic carbocycles. The number of nitrogens with zero attached hydrogens (tertiary/aromatic N) is 5. The molecule has 0 spiro atoms. The van der Waals surface area contributed by atoms with Crippen molar-refractivity contribution in [3.8, 4) is 0 Å². The first-order valence-electron chi connectivity index (χ1n) is 6.65. The van der Waals surface area contributed by atoms with Gasteiger partial charge in [-0.1, -0.05) is 6.92 Å². The topological polar surface area (TPSA) is 123 Å². The van der Waals surface area contributed by atoms with E-state index in [-0.39, 0.29) is 12.5 Å². The number of aliphatic hydroxyl groups is 2. The predicted octanol–water partition coefficient (Wildman–Crippen LogP) is -0.977.